The number of hydrogen-bond acceptors (Lipinski definition) is 5. The van der Waals surface area contributed by atoms with Gasteiger partial charge < -0.3 is 14.8 Å². The Balaban J connectivity index is 2.11. The van der Waals surface area contributed by atoms with Gasteiger partial charge in [-0.05, 0) is 52.7 Å². The molecule has 1 aromatic carbocycles. The molecular weight excluding hydrogens is 348 g/mol. The third-order valence-electron chi connectivity index (χ3n) is 2.98. The van der Waals surface area contributed by atoms with Crippen molar-refractivity contribution in [1.29, 1.82) is 0 Å². The SMILES string of the molecule is CCOC(=O)c1cccnc1NCc1ccc(OC)c(Br)c1. The molecular formula is C16H17BrN2O3. The Morgan fingerprint density at radius 2 is 2.18 bits per heavy atom. The predicted molar refractivity (Wildman–Crippen MR) is 88.2 cm³/mol. The fourth-order valence-electron chi connectivity index (χ4n) is 1.93. The molecule has 116 valence electrons. The molecule has 0 saturated heterocycles. The molecule has 0 bridgehead atoms. The van der Waals surface area contributed by atoms with E-state index in [2.05, 4.69) is 26.2 Å². The molecule has 1 aromatic heterocycles. The van der Waals surface area contributed by atoms with Gasteiger partial charge in [-0.15, -0.1) is 0 Å². The van der Waals surface area contributed by atoms with Crippen molar-refractivity contribution in [3.8, 4) is 5.75 Å². The van der Waals surface area contributed by atoms with Gasteiger partial charge in [0.1, 0.15) is 17.1 Å². The van der Waals surface area contributed by atoms with Gasteiger partial charge >= 0.3 is 5.97 Å². The van der Waals surface area contributed by atoms with Crippen LogP contribution in [0.4, 0.5) is 5.82 Å². The smallest absolute Gasteiger partial charge is 0.341 e. The van der Waals surface area contributed by atoms with Gasteiger partial charge in [0.25, 0.3) is 0 Å². The van der Waals surface area contributed by atoms with Crippen LogP contribution in [0, 0.1) is 0 Å². The molecule has 0 saturated carbocycles. The molecule has 0 radical (unpaired) electrons. The molecule has 0 fully saturated rings. The summed E-state index contributed by atoms with van der Waals surface area (Å²) in [5.74, 6) is 0.899. The maximum Gasteiger partial charge on any atom is 0.341 e. The summed E-state index contributed by atoms with van der Waals surface area (Å²) in [6.07, 6.45) is 1.63. The minimum absolute atomic E-state index is 0.332. The lowest BCUT2D eigenvalue weighted by molar-refractivity contribution is 0.0527. The van der Waals surface area contributed by atoms with Crippen LogP contribution in [0.25, 0.3) is 0 Å². The second-order valence-corrected chi connectivity index (χ2v) is 5.30. The van der Waals surface area contributed by atoms with Crippen LogP contribution in [-0.4, -0.2) is 24.7 Å². The van der Waals surface area contributed by atoms with Crippen molar-refractivity contribution < 1.29 is 14.3 Å². The molecule has 2 aromatic rings. The van der Waals surface area contributed by atoms with Crippen LogP contribution in [-0.2, 0) is 11.3 Å². The van der Waals surface area contributed by atoms with Crippen molar-refractivity contribution >= 4 is 27.7 Å². The number of methoxy groups -OCH3 is 1. The number of carbonyl (C=O) groups excluding carboxylic acids is 1. The zero-order valence-electron chi connectivity index (χ0n) is 12.4. The van der Waals surface area contributed by atoms with E-state index in [1.54, 1.807) is 32.4 Å². The third-order valence-corrected chi connectivity index (χ3v) is 3.60. The second kappa shape index (κ2) is 7.79. The highest BCUT2D eigenvalue weighted by molar-refractivity contribution is 9.10. The lowest BCUT2D eigenvalue weighted by atomic mass is 10.2. The molecule has 0 amide bonds. The molecule has 1 heterocycles. The Kier molecular flexibility index (Phi) is 5.77. The van der Waals surface area contributed by atoms with E-state index in [1.807, 2.05) is 18.2 Å². The summed E-state index contributed by atoms with van der Waals surface area (Å²) in [5.41, 5.74) is 1.46. The zero-order valence-corrected chi connectivity index (χ0v) is 14.0. The Hall–Kier alpha value is -2.08. The van der Waals surface area contributed by atoms with E-state index < -0.39 is 0 Å². The van der Waals surface area contributed by atoms with Crippen molar-refractivity contribution in [3.63, 3.8) is 0 Å². The summed E-state index contributed by atoms with van der Waals surface area (Å²) in [5, 5.41) is 3.16. The van der Waals surface area contributed by atoms with Crippen molar-refractivity contribution in [2.75, 3.05) is 19.0 Å². The maximum atomic E-state index is 11.9. The first kappa shape index (κ1) is 16.3. The molecule has 0 aliphatic heterocycles. The van der Waals surface area contributed by atoms with E-state index in [9.17, 15) is 4.79 Å². The van der Waals surface area contributed by atoms with Crippen molar-refractivity contribution in [3.05, 3.63) is 52.1 Å². The fraction of sp³-hybridized carbons (Fsp3) is 0.250. The quantitative estimate of drug-likeness (QED) is 0.792. The lowest BCUT2D eigenvalue weighted by Crippen LogP contribution is -2.11. The molecule has 0 aliphatic rings. The molecule has 1 N–H and O–H groups in total. The molecule has 0 atom stereocenters. The van der Waals surface area contributed by atoms with Gasteiger partial charge in [-0.2, -0.15) is 0 Å². The largest absolute Gasteiger partial charge is 0.496 e. The maximum absolute atomic E-state index is 11.9. The van der Waals surface area contributed by atoms with Crippen molar-refractivity contribution in [2.24, 2.45) is 0 Å². The average molecular weight is 365 g/mol. The predicted octanol–water partition coefficient (Wildman–Crippen LogP) is 3.64. The van der Waals surface area contributed by atoms with E-state index in [0.29, 0.717) is 24.5 Å². The monoisotopic (exact) mass is 364 g/mol. The summed E-state index contributed by atoms with van der Waals surface area (Å²) < 4.78 is 11.1. The highest BCUT2D eigenvalue weighted by Crippen LogP contribution is 2.26. The molecule has 0 aliphatic carbocycles. The van der Waals surface area contributed by atoms with Gasteiger partial charge in [0.05, 0.1) is 18.2 Å². The third kappa shape index (κ3) is 3.98. The Labute approximate surface area is 137 Å². The van der Waals surface area contributed by atoms with E-state index in [-0.39, 0.29) is 5.97 Å². The molecule has 2 rings (SSSR count). The highest BCUT2D eigenvalue weighted by Gasteiger charge is 2.13. The number of carbonyl (C=O) groups is 1. The highest BCUT2D eigenvalue weighted by atomic mass is 79.9. The number of nitrogens with zero attached hydrogens (tertiary/aromatic N) is 1. The van der Waals surface area contributed by atoms with Gasteiger partial charge in [0.15, 0.2) is 0 Å². The van der Waals surface area contributed by atoms with E-state index in [4.69, 9.17) is 9.47 Å². The Bertz CT molecular complexity index is 662. The zero-order chi connectivity index (χ0) is 15.9. The molecule has 6 heteroatoms. The normalized spacial score (nSPS) is 10.1. The van der Waals surface area contributed by atoms with Crippen molar-refractivity contribution in [2.45, 2.75) is 13.5 Å². The fourth-order valence-corrected chi connectivity index (χ4v) is 2.51. The Morgan fingerprint density at radius 1 is 1.36 bits per heavy atom. The lowest BCUT2D eigenvalue weighted by Gasteiger charge is -2.11. The summed E-state index contributed by atoms with van der Waals surface area (Å²) >= 11 is 3.45. The van der Waals surface area contributed by atoms with Gasteiger partial charge in [-0.3, -0.25) is 0 Å². The van der Waals surface area contributed by atoms with Crippen LogP contribution in [0.15, 0.2) is 41.0 Å². The number of aromatic nitrogens is 1. The van der Waals surface area contributed by atoms with Gasteiger partial charge in [0, 0.05) is 12.7 Å². The van der Waals surface area contributed by atoms with Crippen LogP contribution >= 0.6 is 15.9 Å². The van der Waals surface area contributed by atoms with Crippen LogP contribution in [0.5, 0.6) is 5.75 Å². The number of halogens is 1. The molecule has 22 heavy (non-hydrogen) atoms. The minimum atomic E-state index is -0.381. The first-order chi connectivity index (χ1) is 10.7. The summed E-state index contributed by atoms with van der Waals surface area (Å²) in [6, 6.07) is 9.19. The standard InChI is InChI=1S/C16H17BrN2O3/c1-3-22-16(20)12-5-4-8-18-15(12)19-10-11-6-7-14(21-2)13(17)9-11/h4-9H,3,10H2,1-2H3,(H,18,19). The number of rotatable bonds is 6. The minimum Gasteiger partial charge on any atom is -0.496 e. The summed E-state index contributed by atoms with van der Waals surface area (Å²) in [6.45, 7) is 2.64. The van der Waals surface area contributed by atoms with Gasteiger partial charge in [-0.1, -0.05) is 6.07 Å². The second-order valence-electron chi connectivity index (χ2n) is 4.44. The van der Waals surface area contributed by atoms with E-state index >= 15 is 0 Å². The number of esters is 1. The first-order valence-corrected chi connectivity index (χ1v) is 7.63. The molecule has 0 spiro atoms. The number of pyridine rings is 1. The van der Waals surface area contributed by atoms with Crippen LogP contribution < -0.4 is 10.1 Å². The van der Waals surface area contributed by atoms with E-state index in [1.165, 1.54) is 0 Å². The summed E-state index contributed by atoms with van der Waals surface area (Å²) in [4.78, 5) is 16.1. The van der Waals surface area contributed by atoms with Gasteiger partial charge in [0.2, 0.25) is 0 Å². The number of nitrogens with one attached hydrogen (secondary N) is 1. The molecule has 5 nitrogen and oxygen atoms in total. The topological polar surface area (TPSA) is 60.5 Å². The number of benzene rings is 1. The average Bonchev–Trinajstić information content (AvgIpc) is 2.53. The number of ether oxygens (including phenoxy) is 2. The van der Waals surface area contributed by atoms with E-state index in [0.717, 1.165) is 15.8 Å². The van der Waals surface area contributed by atoms with Crippen LogP contribution in [0.2, 0.25) is 0 Å². The van der Waals surface area contributed by atoms with Crippen molar-refractivity contribution in [1.82, 2.24) is 4.98 Å². The summed E-state index contributed by atoms with van der Waals surface area (Å²) in [7, 11) is 1.62. The molecule has 0 unspecified atom stereocenters. The van der Waals surface area contributed by atoms with Gasteiger partial charge in [-0.25, -0.2) is 9.78 Å². The Morgan fingerprint density at radius 3 is 2.86 bits per heavy atom. The number of anilines is 1. The van der Waals surface area contributed by atoms with Crippen LogP contribution in [0.1, 0.15) is 22.8 Å². The number of hydrogen-bond donors (Lipinski definition) is 1. The first-order valence-electron chi connectivity index (χ1n) is 6.84. The van der Waals surface area contributed by atoms with Crippen LogP contribution in [0.3, 0.4) is 0 Å².